The Labute approximate surface area is 438 Å². The lowest BCUT2D eigenvalue weighted by Gasteiger charge is -2.35. The highest BCUT2D eigenvalue weighted by molar-refractivity contribution is 8.00. The summed E-state index contributed by atoms with van der Waals surface area (Å²) < 4.78 is 18.5. The number of para-hydroxylation sites is 1. The summed E-state index contributed by atoms with van der Waals surface area (Å²) in [6.07, 6.45) is 12.1. The first-order valence-corrected chi connectivity index (χ1v) is 27.8. The van der Waals surface area contributed by atoms with Gasteiger partial charge in [-0.3, -0.25) is 14.4 Å². The number of carbonyl (C=O) groups excluding carboxylic acids is 3. The van der Waals surface area contributed by atoms with E-state index in [4.69, 9.17) is 14.2 Å². The van der Waals surface area contributed by atoms with Crippen molar-refractivity contribution in [3.63, 3.8) is 0 Å². The summed E-state index contributed by atoms with van der Waals surface area (Å²) in [4.78, 5) is 40.9. The van der Waals surface area contributed by atoms with Gasteiger partial charge in [-0.15, -0.1) is 23.6 Å². The Hall–Kier alpha value is -6.08. The minimum Gasteiger partial charge on any atom is -0.489 e. The minimum absolute atomic E-state index is 0.0585. The summed E-state index contributed by atoms with van der Waals surface area (Å²) in [6.45, 7) is 4.61. The summed E-state index contributed by atoms with van der Waals surface area (Å²) in [6, 6.07) is 48.3. The average Bonchev–Trinajstić information content (AvgIpc) is 3.97. The van der Waals surface area contributed by atoms with Gasteiger partial charge in [-0.2, -0.15) is 0 Å². The number of rotatable bonds is 24. The van der Waals surface area contributed by atoms with Crippen LogP contribution >= 0.6 is 11.8 Å². The number of hydrogen-bond acceptors (Lipinski definition) is 8. The molecule has 1 heterocycles. The van der Waals surface area contributed by atoms with E-state index in [0.717, 1.165) is 66.7 Å². The Morgan fingerprint density at radius 2 is 1.42 bits per heavy atom. The number of ether oxygens (including phenoxy) is 3. The topological polar surface area (TPSA) is 111 Å². The number of aliphatic hydroxyl groups is 1. The number of carbonyl (C=O) groups is 3. The standard InChI is InChI=1S/C64H73NO7S/c1-3-4-25-46(2)56(66)41-40-54-57(44-58-60(54)55-38-23-28-48(61(55)71-58)29-24-39-59(67)70-45-47-26-11-7-12-27-47)72-63(69)53-37-20-19-36-52(53)62(68)65-42-21-5-6-22-43-73-64(49-30-13-8-14-31-49,50-32-15-9-16-33-50)51-34-17-10-18-35-51/h7-18,23,26-28,30-35,38,40-41,46,52-54,56-58,60,66H,5-6,19-22,24-25,29,36-37,39,42-45H2,1-2H3,(H,65,68)/t46-,52-,53+,54-,56+,57+,58-,60-/m0/s1. The molecular weight excluding hydrogens is 927 g/mol. The molecule has 0 saturated heterocycles. The number of benzene rings is 5. The lowest BCUT2D eigenvalue weighted by Crippen LogP contribution is -2.41. The lowest BCUT2D eigenvalue weighted by molar-refractivity contribution is -0.161. The Balaban J connectivity index is 0.854. The largest absolute Gasteiger partial charge is 0.489 e. The molecule has 1 aliphatic heterocycles. The van der Waals surface area contributed by atoms with Crippen molar-refractivity contribution in [3.8, 4) is 17.6 Å². The van der Waals surface area contributed by atoms with Crippen molar-refractivity contribution >= 4 is 29.6 Å². The third-order valence-electron chi connectivity index (χ3n) is 15.2. The maximum absolute atomic E-state index is 14.3. The zero-order valence-electron chi connectivity index (χ0n) is 42.7. The highest BCUT2D eigenvalue weighted by Crippen LogP contribution is 2.53. The highest BCUT2D eigenvalue weighted by atomic mass is 32.2. The molecule has 5 aromatic carbocycles. The number of hydrogen-bond donors (Lipinski definition) is 2. The van der Waals surface area contributed by atoms with Crippen LogP contribution in [0.4, 0.5) is 0 Å². The second-order valence-corrected chi connectivity index (χ2v) is 21.4. The number of unbranched alkanes of at least 4 members (excludes halogenated alkanes) is 3. The summed E-state index contributed by atoms with van der Waals surface area (Å²) >= 11 is 1.99. The number of aryl methyl sites for hydroxylation is 1. The molecule has 0 radical (unpaired) electrons. The maximum Gasteiger partial charge on any atom is 0.310 e. The zero-order chi connectivity index (χ0) is 50.8. The molecule has 0 unspecified atom stereocenters. The van der Waals surface area contributed by atoms with Crippen LogP contribution in [0.15, 0.2) is 152 Å². The Morgan fingerprint density at radius 3 is 2.08 bits per heavy atom. The molecule has 8 nitrogen and oxygen atoms in total. The minimum atomic E-state index is -0.727. The van der Waals surface area contributed by atoms with Crippen LogP contribution in [0.2, 0.25) is 0 Å². The van der Waals surface area contributed by atoms with Crippen molar-refractivity contribution in [1.82, 2.24) is 5.32 Å². The zero-order valence-corrected chi connectivity index (χ0v) is 43.5. The number of thioether (sulfide) groups is 1. The molecule has 2 aliphatic carbocycles. The molecule has 0 bridgehead atoms. The summed E-state index contributed by atoms with van der Waals surface area (Å²) in [5.41, 5.74) is 6.85. The van der Waals surface area contributed by atoms with E-state index in [9.17, 15) is 19.5 Å². The third kappa shape index (κ3) is 13.6. The van der Waals surface area contributed by atoms with Gasteiger partial charge in [-0.25, -0.2) is 0 Å². The molecule has 0 aromatic heterocycles. The van der Waals surface area contributed by atoms with Gasteiger partial charge in [-0.05, 0) is 84.9 Å². The first kappa shape index (κ1) is 53.2. The second kappa shape index (κ2) is 26.7. The van der Waals surface area contributed by atoms with E-state index >= 15 is 0 Å². The molecular formula is C64H73NO7S. The fourth-order valence-corrected chi connectivity index (χ4v) is 12.8. The van der Waals surface area contributed by atoms with E-state index in [1.165, 1.54) is 16.7 Å². The first-order valence-electron chi connectivity index (χ1n) is 26.8. The van der Waals surface area contributed by atoms with Gasteiger partial charge < -0.3 is 24.6 Å². The first-order chi connectivity index (χ1) is 35.8. The normalized spacial score (nSPS) is 20.9. The molecule has 8 rings (SSSR count). The van der Waals surface area contributed by atoms with Crippen LogP contribution in [0, 0.1) is 35.5 Å². The van der Waals surface area contributed by atoms with Gasteiger partial charge in [0.05, 0.1) is 22.7 Å². The third-order valence-corrected chi connectivity index (χ3v) is 16.8. The van der Waals surface area contributed by atoms with Crippen molar-refractivity contribution in [2.24, 2.45) is 23.7 Å². The lowest BCUT2D eigenvalue weighted by atomic mass is 9.78. The summed E-state index contributed by atoms with van der Waals surface area (Å²) in [5.74, 6) is 5.84. The van der Waals surface area contributed by atoms with Crippen LogP contribution in [0.5, 0.6) is 5.75 Å². The predicted octanol–water partition coefficient (Wildman–Crippen LogP) is 12.7. The maximum atomic E-state index is 14.3. The summed E-state index contributed by atoms with van der Waals surface area (Å²) in [5, 5.41) is 14.4. The van der Waals surface area contributed by atoms with Gasteiger partial charge in [0.25, 0.3) is 0 Å². The molecule has 2 fully saturated rings. The van der Waals surface area contributed by atoms with E-state index in [2.05, 4.69) is 120 Å². The van der Waals surface area contributed by atoms with Crippen LogP contribution in [-0.4, -0.2) is 53.6 Å². The second-order valence-electron chi connectivity index (χ2n) is 20.1. The Bertz CT molecular complexity index is 2530. The van der Waals surface area contributed by atoms with Crippen molar-refractivity contribution in [2.45, 2.75) is 133 Å². The smallest absolute Gasteiger partial charge is 0.310 e. The van der Waals surface area contributed by atoms with E-state index in [0.29, 0.717) is 51.5 Å². The van der Waals surface area contributed by atoms with Gasteiger partial charge >= 0.3 is 11.9 Å². The van der Waals surface area contributed by atoms with Crippen LogP contribution in [0.3, 0.4) is 0 Å². The molecule has 2 saturated carbocycles. The van der Waals surface area contributed by atoms with Crippen LogP contribution in [0.1, 0.15) is 130 Å². The molecule has 8 atom stereocenters. The van der Waals surface area contributed by atoms with E-state index in [1.807, 2.05) is 67.2 Å². The Morgan fingerprint density at radius 1 is 0.795 bits per heavy atom. The van der Waals surface area contributed by atoms with Gasteiger partial charge in [0.2, 0.25) is 5.91 Å². The number of nitrogens with one attached hydrogen (secondary N) is 1. The summed E-state index contributed by atoms with van der Waals surface area (Å²) in [7, 11) is 0. The van der Waals surface area contributed by atoms with Crippen molar-refractivity contribution in [2.75, 3.05) is 12.3 Å². The van der Waals surface area contributed by atoms with E-state index < -0.39 is 24.0 Å². The van der Waals surface area contributed by atoms with Gasteiger partial charge in [0, 0.05) is 43.2 Å². The van der Waals surface area contributed by atoms with E-state index in [-0.39, 0.29) is 53.1 Å². The highest BCUT2D eigenvalue weighted by Gasteiger charge is 2.52. The van der Waals surface area contributed by atoms with Gasteiger partial charge in [0.15, 0.2) is 0 Å². The van der Waals surface area contributed by atoms with Crippen molar-refractivity contribution in [3.05, 3.63) is 185 Å². The Kier molecular flexibility index (Phi) is 19.5. The predicted molar refractivity (Wildman–Crippen MR) is 292 cm³/mol. The van der Waals surface area contributed by atoms with Crippen LogP contribution in [-0.2, 0) is 41.6 Å². The SMILES string of the molecule is CC#CC[C@H](C)[C@H](O)C=C[C@@H]1[C@H]2c3cccc(CCCC(=O)OCc4ccccc4)c3O[C@H]2C[C@H]1OC(=O)[C@@H]1CCCC[C@@H]1C(=O)NCCCCCCSC(c1ccccc1)(c1ccccc1)c1ccccc1. The fourth-order valence-electron chi connectivity index (χ4n) is 11.2. The molecule has 382 valence electrons. The molecule has 9 heteroatoms. The molecule has 5 aromatic rings. The quantitative estimate of drug-likeness (QED) is 0.0207. The average molecular weight is 1000 g/mol. The van der Waals surface area contributed by atoms with Gasteiger partial charge in [0.1, 0.15) is 24.6 Å². The molecule has 73 heavy (non-hydrogen) atoms. The molecule has 3 aliphatic rings. The monoisotopic (exact) mass is 1000 g/mol. The number of esters is 2. The van der Waals surface area contributed by atoms with Crippen LogP contribution in [0.25, 0.3) is 0 Å². The number of aliphatic hydroxyl groups excluding tert-OH is 1. The van der Waals surface area contributed by atoms with Crippen molar-refractivity contribution < 1.29 is 33.7 Å². The number of fused-ring (bicyclic) bond motifs is 3. The molecule has 0 spiro atoms. The van der Waals surface area contributed by atoms with Crippen LogP contribution < -0.4 is 10.1 Å². The number of amides is 1. The fraction of sp³-hybridized carbons (Fsp3) is 0.422. The van der Waals surface area contributed by atoms with Gasteiger partial charge in [-0.1, -0.05) is 184 Å². The molecule has 1 amide bonds. The molecule has 2 N–H and O–H groups in total. The van der Waals surface area contributed by atoms with E-state index in [1.54, 1.807) is 6.92 Å². The van der Waals surface area contributed by atoms with Crippen molar-refractivity contribution in [1.29, 1.82) is 0 Å².